The number of hydrogen-bond donors (Lipinski definition) is 1. The van der Waals surface area contributed by atoms with Gasteiger partial charge in [0.15, 0.2) is 0 Å². The molecule has 0 heterocycles. The van der Waals surface area contributed by atoms with Crippen LogP contribution >= 0.6 is 11.6 Å². The number of carbonyl (C=O) groups is 1. The maximum absolute atomic E-state index is 11.1. The van der Waals surface area contributed by atoms with Gasteiger partial charge in [0.05, 0.1) is 7.11 Å². The highest BCUT2D eigenvalue weighted by atomic mass is 35.5. The number of methoxy groups -OCH3 is 1. The molecule has 1 aromatic rings. The lowest BCUT2D eigenvalue weighted by Crippen LogP contribution is -2.33. The third-order valence-electron chi connectivity index (χ3n) is 2.25. The normalized spacial score (nSPS) is 12.3. The molecule has 1 rings (SSSR count). The maximum Gasteiger partial charge on any atom is 0.322 e. The van der Waals surface area contributed by atoms with Crippen molar-refractivity contribution in [3.8, 4) is 0 Å². The van der Waals surface area contributed by atoms with Gasteiger partial charge in [-0.25, -0.2) is 0 Å². The lowest BCUT2D eigenvalue weighted by atomic mass is 10.0. The molecule has 1 unspecified atom stereocenters. The molecular weight excluding hydrogens is 214 g/mol. The Balaban J connectivity index is 2.80. The van der Waals surface area contributed by atoms with Gasteiger partial charge in [0.1, 0.15) is 6.04 Å². The summed E-state index contributed by atoms with van der Waals surface area (Å²) < 4.78 is 4.56. The van der Waals surface area contributed by atoms with Crippen molar-refractivity contribution in [3.05, 3.63) is 34.3 Å². The van der Waals surface area contributed by atoms with Gasteiger partial charge in [-0.15, -0.1) is 0 Å². The van der Waals surface area contributed by atoms with Crippen molar-refractivity contribution in [2.75, 3.05) is 7.11 Å². The number of hydrogen-bond acceptors (Lipinski definition) is 3. The number of ether oxygens (including phenoxy) is 1. The molecule has 15 heavy (non-hydrogen) atoms. The summed E-state index contributed by atoms with van der Waals surface area (Å²) in [5.41, 5.74) is 7.70. The monoisotopic (exact) mass is 227 g/mol. The van der Waals surface area contributed by atoms with Gasteiger partial charge in [0.2, 0.25) is 0 Å². The molecule has 0 aliphatic rings. The van der Waals surface area contributed by atoms with Gasteiger partial charge in [0, 0.05) is 5.02 Å². The van der Waals surface area contributed by atoms with Crippen LogP contribution in [0.2, 0.25) is 5.02 Å². The molecular formula is C11H14ClNO2. The van der Waals surface area contributed by atoms with Gasteiger partial charge in [0.25, 0.3) is 0 Å². The van der Waals surface area contributed by atoms with Gasteiger partial charge in [-0.2, -0.15) is 0 Å². The van der Waals surface area contributed by atoms with E-state index in [1.807, 2.05) is 25.1 Å². The summed E-state index contributed by atoms with van der Waals surface area (Å²) in [6.45, 7) is 1.95. The molecule has 0 aliphatic heterocycles. The van der Waals surface area contributed by atoms with E-state index in [1.165, 1.54) is 7.11 Å². The zero-order chi connectivity index (χ0) is 11.4. The lowest BCUT2D eigenvalue weighted by molar-refractivity contribution is -0.142. The molecule has 0 amide bonds. The van der Waals surface area contributed by atoms with Crippen molar-refractivity contribution in [1.82, 2.24) is 0 Å². The van der Waals surface area contributed by atoms with Crippen molar-refractivity contribution in [1.29, 1.82) is 0 Å². The Labute approximate surface area is 94.2 Å². The summed E-state index contributed by atoms with van der Waals surface area (Å²) in [4.78, 5) is 11.1. The van der Waals surface area contributed by atoms with Crippen LogP contribution in [-0.4, -0.2) is 19.1 Å². The number of rotatable bonds is 3. The topological polar surface area (TPSA) is 52.3 Å². The molecule has 1 aromatic carbocycles. The quantitative estimate of drug-likeness (QED) is 0.800. The average Bonchev–Trinajstić information content (AvgIpc) is 2.22. The highest BCUT2D eigenvalue weighted by Crippen LogP contribution is 2.16. The fourth-order valence-corrected chi connectivity index (χ4v) is 1.53. The second-order valence-electron chi connectivity index (χ2n) is 3.40. The van der Waals surface area contributed by atoms with Crippen LogP contribution in [0.3, 0.4) is 0 Å². The van der Waals surface area contributed by atoms with Crippen molar-refractivity contribution in [3.63, 3.8) is 0 Å². The number of aryl methyl sites for hydroxylation is 1. The number of halogens is 1. The van der Waals surface area contributed by atoms with E-state index in [1.54, 1.807) is 0 Å². The Kier molecular flexibility index (Phi) is 4.12. The lowest BCUT2D eigenvalue weighted by Gasteiger charge is -2.11. The van der Waals surface area contributed by atoms with Crippen LogP contribution in [0.4, 0.5) is 0 Å². The van der Waals surface area contributed by atoms with E-state index in [9.17, 15) is 4.79 Å². The minimum absolute atomic E-state index is 0.408. The van der Waals surface area contributed by atoms with Crippen LogP contribution in [0.25, 0.3) is 0 Å². The minimum atomic E-state index is -0.632. The summed E-state index contributed by atoms with van der Waals surface area (Å²) in [6.07, 6.45) is 0.444. The standard InChI is InChI=1S/C11H14ClNO2/c1-7-3-4-9(12)5-8(7)6-10(13)11(14)15-2/h3-5,10H,6,13H2,1-2H3. The van der Waals surface area contributed by atoms with Crippen molar-refractivity contribution < 1.29 is 9.53 Å². The third kappa shape index (κ3) is 3.22. The van der Waals surface area contributed by atoms with Gasteiger partial charge in [-0.05, 0) is 36.6 Å². The molecule has 0 saturated carbocycles. The van der Waals surface area contributed by atoms with E-state index < -0.39 is 12.0 Å². The first-order chi connectivity index (χ1) is 7.04. The van der Waals surface area contributed by atoms with Crippen LogP contribution in [-0.2, 0) is 16.0 Å². The number of esters is 1. The smallest absolute Gasteiger partial charge is 0.322 e. The van der Waals surface area contributed by atoms with Crippen LogP contribution < -0.4 is 5.73 Å². The van der Waals surface area contributed by atoms with E-state index in [0.717, 1.165) is 11.1 Å². The molecule has 0 spiro atoms. The fourth-order valence-electron chi connectivity index (χ4n) is 1.33. The minimum Gasteiger partial charge on any atom is -0.468 e. The summed E-state index contributed by atoms with van der Waals surface area (Å²) >= 11 is 5.86. The second-order valence-corrected chi connectivity index (χ2v) is 3.84. The third-order valence-corrected chi connectivity index (χ3v) is 2.49. The Morgan fingerprint density at radius 2 is 2.27 bits per heavy atom. The molecule has 1 atom stereocenters. The zero-order valence-electron chi connectivity index (χ0n) is 8.79. The summed E-state index contributed by atoms with van der Waals surface area (Å²) in [5.74, 6) is -0.408. The molecule has 82 valence electrons. The molecule has 0 radical (unpaired) electrons. The summed E-state index contributed by atoms with van der Waals surface area (Å²) in [5, 5.41) is 0.646. The highest BCUT2D eigenvalue weighted by molar-refractivity contribution is 6.30. The molecule has 0 saturated heterocycles. The number of nitrogens with two attached hydrogens (primary N) is 1. The van der Waals surface area contributed by atoms with Crippen molar-refractivity contribution >= 4 is 17.6 Å². The first-order valence-electron chi connectivity index (χ1n) is 4.63. The summed E-state index contributed by atoms with van der Waals surface area (Å²) in [6, 6.07) is 4.90. The van der Waals surface area contributed by atoms with E-state index in [0.29, 0.717) is 11.4 Å². The number of benzene rings is 1. The predicted octanol–water partition coefficient (Wildman–Crippen LogP) is 1.69. The molecule has 0 bridgehead atoms. The average molecular weight is 228 g/mol. The fraction of sp³-hybridized carbons (Fsp3) is 0.364. The molecule has 3 nitrogen and oxygen atoms in total. The van der Waals surface area contributed by atoms with Gasteiger partial charge < -0.3 is 10.5 Å². The Morgan fingerprint density at radius 1 is 1.60 bits per heavy atom. The van der Waals surface area contributed by atoms with E-state index in [4.69, 9.17) is 17.3 Å². The van der Waals surface area contributed by atoms with E-state index in [-0.39, 0.29) is 0 Å². The van der Waals surface area contributed by atoms with Gasteiger partial charge >= 0.3 is 5.97 Å². The van der Waals surface area contributed by atoms with Crippen molar-refractivity contribution in [2.24, 2.45) is 5.73 Å². The SMILES string of the molecule is COC(=O)C(N)Cc1cc(Cl)ccc1C. The molecule has 4 heteroatoms. The Morgan fingerprint density at radius 3 is 2.87 bits per heavy atom. The largest absolute Gasteiger partial charge is 0.468 e. The van der Waals surface area contributed by atoms with E-state index in [2.05, 4.69) is 4.74 Å². The first-order valence-corrected chi connectivity index (χ1v) is 5.01. The summed E-state index contributed by atoms with van der Waals surface area (Å²) in [7, 11) is 1.33. The van der Waals surface area contributed by atoms with Crippen LogP contribution in [0.15, 0.2) is 18.2 Å². The van der Waals surface area contributed by atoms with Crippen molar-refractivity contribution in [2.45, 2.75) is 19.4 Å². The Hall–Kier alpha value is -1.06. The predicted molar refractivity (Wildman–Crippen MR) is 59.9 cm³/mol. The van der Waals surface area contributed by atoms with Gasteiger partial charge in [-0.1, -0.05) is 17.7 Å². The molecule has 0 aromatic heterocycles. The van der Waals surface area contributed by atoms with Crippen LogP contribution in [0.1, 0.15) is 11.1 Å². The van der Waals surface area contributed by atoms with Crippen LogP contribution in [0, 0.1) is 6.92 Å². The molecule has 2 N–H and O–H groups in total. The molecule has 0 aliphatic carbocycles. The molecule has 0 fully saturated rings. The highest BCUT2D eigenvalue weighted by Gasteiger charge is 2.15. The Bertz CT molecular complexity index is 366. The number of carbonyl (C=O) groups excluding carboxylic acids is 1. The second kappa shape index (κ2) is 5.14. The van der Waals surface area contributed by atoms with Gasteiger partial charge in [-0.3, -0.25) is 4.79 Å². The maximum atomic E-state index is 11.1. The van der Waals surface area contributed by atoms with E-state index >= 15 is 0 Å². The first kappa shape index (κ1) is 12.0. The zero-order valence-corrected chi connectivity index (χ0v) is 9.54. The van der Waals surface area contributed by atoms with Crippen LogP contribution in [0.5, 0.6) is 0 Å².